The molecule has 0 fully saturated rings. The predicted molar refractivity (Wildman–Crippen MR) is 68.4 cm³/mol. The fraction of sp³-hybridized carbons (Fsp3) is 0.400. The third kappa shape index (κ3) is 3.19. The lowest BCUT2D eigenvalue weighted by Crippen LogP contribution is -1.97. The van der Waals surface area contributed by atoms with Gasteiger partial charge in [0, 0.05) is 12.8 Å². The molecule has 1 aromatic carbocycles. The third-order valence-corrected chi connectivity index (χ3v) is 2.86. The number of carbonyl (C=O) groups excluding carboxylic acids is 1. The highest BCUT2D eigenvalue weighted by atomic mass is 16.5. The van der Waals surface area contributed by atoms with Crippen molar-refractivity contribution in [1.82, 2.24) is 0 Å². The van der Waals surface area contributed by atoms with E-state index in [9.17, 15) is 4.79 Å². The van der Waals surface area contributed by atoms with Gasteiger partial charge in [0.2, 0.25) is 0 Å². The molecule has 0 bridgehead atoms. The Morgan fingerprint density at radius 1 is 1.41 bits per heavy atom. The van der Waals surface area contributed by atoms with Crippen molar-refractivity contribution in [2.45, 2.75) is 33.1 Å². The van der Waals surface area contributed by atoms with Gasteiger partial charge in [0.1, 0.15) is 5.75 Å². The minimum Gasteiger partial charge on any atom is -0.493 e. The van der Waals surface area contributed by atoms with E-state index >= 15 is 0 Å². The first-order valence-electron chi connectivity index (χ1n) is 6.07. The smallest absolute Gasteiger partial charge is 0.155 e. The maximum atomic E-state index is 11.6. The molecule has 0 unspecified atom stereocenters. The summed E-state index contributed by atoms with van der Waals surface area (Å²) >= 11 is 0. The maximum Gasteiger partial charge on any atom is 0.155 e. The summed E-state index contributed by atoms with van der Waals surface area (Å²) in [6, 6.07) is 6.24. The molecular formula is C15H18O2. The van der Waals surface area contributed by atoms with E-state index in [4.69, 9.17) is 4.74 Å². The van der Waals surface area contributed by atoms with Crippen molar-refractivity contribution in [2.75, 3.05) is 6.61 Å². The summed E-state index contributed by atoms with van der Waals surface area (Å²) in [5, 5.41) is 0. The minimum atomic E-state index is 0.210. The van der Waals surface area contributed by atoms with Gasteiger partial charge in [0.05, 0.1) is 6.61 Å². The molecule has 0 atom stereocenters. The van der Waals surface area contributed by atoms with Crippen LogP contribution in [0.25, 0.3) is 0 Å². The summed E-state index contributed by atoms with van der Waals surface area (Å²) in [5.41, 5.74) is 3.57. The average Bonchev–Trinajstić information content (AvgIpc) is 2.72. The van der Waals surface area contributed by atoms with Crippen LogP contribution in [0, 0.1) is 0 Å². The third-order valence-electron chi connectivity index (χ3n) is 2.86. The van der Waals surface area contributed by atoms with Crippen molar-refractivity contribution >= 4 is 5.78 Å². The van der Waals surface area contributed by atoms with Gasteiger partial charge < -0.3 is 4.74 Å². The van der Waals surface area contributed by atoms with E-state index < -0.39 is 0 Å². The molecule has 2 heteroatoms. The van der Waals surface area contributed by atoms with Crippen LogP contribution < -0.4 is 4.74 Å². The molecular weight excluding hydrogens is 212 g/mol. The second-order valence-corrected chi connectivity index (χ2v) is 4.73. The van der Waals surface area contributed by atoms with Crippen LogP contribution in [-0.4, -0.2) is 12.4 Å². The number of carbonyl (C=O) groups is 1. The molecule has 0 radical (unpaired) electrons. The highest BCUT2D eigenvalue weighted by Crippen LogP contribution is 2.26. The van der Waals surface area contributed by atoms with Crippen molar-refractivity contribution in [3.63, 3.8) is 0 Å². The first-order valence-corrected chi connectivity index (χ1v) is 6.07. The molecule has 0 aliphatic carbocycles. The van der Waals surface area contributed by atoms with Crippen molar-refractivity contribution in [1.29, 1.82) is 0 Å². The van der Waals surface area contributed by atoms with E-state index in [1.54, 1.807) is 6.08 Å². The van der Waals surface area contributed by atoms with E-state index in [1.165, 1.54) is 11.1 Å². The second-order valence-electron chi connectivity index (χ2n) is 4.73. The van der Waals surface area contributed by atoms with Crippen LogP contribution in [0.1, 0.15) is 31.4 Å². The standard InChI is InChI=1S/C15H18O2/c1-11(2)9-14(16)5-3-12-4-6-15-13(10-12)7-8-17-15/h4,6,9-10H,3,5,7-8H2,1-2H3. The highest BCUT2D eigenvalue weighted by Gasteiger charge is 2.12. The molecule has 17 heavy (non-hydrogen) atoms. The summed E-state index contributed by atoms with van der Waals surface area (Å²) in [6.07, 6.45) is 4.11. The van der Waals surface area contributed by atoms with Crippen LogP contribution in [0.3, 0.4) is 0 Å². The van der Waals surface area contributed by atoms with Crippen molar-refractivity contribution in [2.24, 2.45) is 0 Å². The Kier molecular flexibility index (Phi) is 3.62. The van der Waals surface area contributed by atoms with Gasteiger partial charge in [-0.3, -0.25) is 4.79 Å². The van der Waals surface area contributed by atoms with E-state index in [1.807, 2.05) is 19.9 Å². The Labute approximate surface area is 102 Å². The molecule has 1 aliphatic heterocycles. The average molecular weight is 230 g/mol. The van der Waals surface area contributed by atoms with Crippen LogP contribution >= 0.6 is 0 Å². The topological polar surface area (TPSA) is 26.3 Å². The number of ketones is 1. The molecule has 1 aliphatic rings. The summed E-state index contributed by atoms with van der Waals surface area (Å²) in [6.45, 7) is 4.69. The molecule has 2 rings (SSSR count). The lowest BCUT2D eigenvalue weighted by Gasteiger charge is -2.03. The SMILES string of the molecule is CC(C)=CC(=O)CCc1ccc2c(c1)CCO2. The number of benzene rings is 1. The Balaban J connectivity index is 1.96. The number of ether oxygens (including phenoxy) is 1. The predicted octanol–water partition coefficient (Wildman–Crippen LogP) is 3.09. The van der Waals surface area contributed by atoms with Crippen LogP contribution in [0.15, 0.2) is 29.8 Å². The highest BCUT2D eigenvalue weighted by molar-refractivity contribution is 5.90. The zero-order valence-corrected chi connectivity index (χ0v) is 10.5. The van der Waals surface area contributed by atoms with Crippen LogP contribution in [0.2, 0.25) is 0 Å². The molecule has 0 aromatic heterocycles. The molecule has 1 aromatic rings. The van der Waals surface area contributed by atoms with Gasteiger partial charge in [0.15, 0.2) is 5.78 Å². The fourth-order valence-corrected chi connectivity index (χ4v) is 2.06. The van der Waals surface area contributed by atoms with Gasteiger partial charge >= 0.3 is 0 Å². The molecule has 2 nitrogen and oxygen atoms in total. The quantitative estimate of drug-likeness (QED) is 0.743. The first-order chi connectivity index (χ1) is 8.15. The molecule has 0 N–H and O–H groups in total. The van der Waals surface area contributed by atoms with Crippen molar-refractivity contribution in [3.8, 4) is 5.75 Å². The number of hydrogen-bond acceptors (Lipinski definition) is 2. The van der Waals surface area contributed by atoms with Crippen molar-refractivity contribution in [3.05, 3.63) is 41.0 Å². The van der Waals surface area contributed by atoms with Crippen molar-refractivity contribution < 1.29 is 9.53 Å². The van der Waals surface area contributed by atoms with Gasteiger partial charge in [-0.1, -0.05) is 17.7 Å². The Hall–Kier alpha value is -1.57. The number of fused-ring (bicyclic) bond motifs is 1. The second kappa shape index (κ2) is 5.17. The zero-order valence-electron chi connectivity index (χ0n) is 10.5. The summed E-state index contributed by atoms with van der Waals surface area (Å²) < 4.78 is 5.46. The maximum absolute atomic E-state index is 11.6. The molecule has 1 heterocycles. The molecule has 0 saturated carbocycles. The fourth-order valence-electron chi connectivity index (χ4n) is 2.06. The normalized spacial score (nSPS) is 12.8. The summed E-state index contributed by atoms with van der Waals surface area (Å²) in [5.74, 6) is 1.21. The van der Waals surface area contributed by atoms with Crippen LogP contribution in [0.5, 0.6) is 5.75 Å². The lowest BCUT2D eigenvalue weighted by atomic mass is 10.0. The number of hydrogen-bond donors (Lipinski definition) is 0. The van der Waals surface area contributed by atoms with Gasteiger partial charge in [-0.15, -0.1) is 0 Å². The van der Waals surface area contributed by atoms with Gasteiger partial charge in [-0.05, 0) is 43.5 Å². The summed E-state index contributed by atoms with van der Waals surface area (Å²) in [4.78, 5) is 11.6. The molecule has 0 amide bonds. The van der Waals surface area contributed by atoms with Gasteiger partial charge in [-0.2, -0.15) is 0 Å². The number of aryl methyl sites for hydroxylation is 1. The van der Waals surface area contributed by atoms with Gasteiger partial charge in [0.25, 0.3) is 0 Å². The Bertz CT molecular complexity index is 454. The van der Waals surface area contributed by atoms with E-state index in [0.29, 0.717) is 6.42 Å². The molecule has 90 valence electrons. The monoisotopic (exact) mass is 230 g/mol. The Morgan fingerprint density at radius 3 is 3.00 bits per heavy atom. The van der Waals surface area contributed by atoms with Crippen LogP contribution in [-0.2, 0) is 17.6 Å². The van der Waals surface area contributed by atoms with E-state index in [0.717, 1.165) is 30.8 Å². The zero-order chi connectivity index (χ0) is 12.3. The molecule has 0 spiro atoms. The lowest BCUT2D eigenvalue weighted by molar-refractivity contribution is -0.114. The number of allylic oxidation sites excluding steroid dienone is 2. The molecule has 0 saturated heterocycles. The Morgan fingerprint density at radius 2 is 2.24 bits per heavy atom. The van der Waals surface area contributed by atoms with E-state index in [-0.39, 0.29) is 5.78 Å². The minimum absolute atomic E-state index is 0.210. The van der Waals surface area contributed by atoms with Gasteiger partial charge in [-0.25, -0.2) is 0 Å². The largest absolute Gasteiger partial charge is 0.493 e. The van der Waals surface area contributed by atoms with Crippen LogP contribution in [0.4, 0.5) is 0 Å². The van der Waals surface area contributed by atoms with E-state index in [2.05, 4.69) is 12.1 Å². The summed E-state index contributed by atoms with van der Waals surface area (Å²) in [7, 11) is 0. The number of rotatable bonds is 4. The first kappa shape index (κ1) is 11.9.